The molecule has 0 aliphatic heterocycles. The number of carbonyl (C=O) groups excluding carboxylic acids is 1. The number of methoxy groups -OCH3 is 2. The molecule has 2 rings (SSSR count). The Hall–Kier alpha value is -2.47. The summed E-state index contributed by atoms with van der Waals surface area (Å²) in [6.07, 6.45) is 2.37. The van der Waals surface area contributed by atoms with E-state index in [1.165, 1.54) is 14.2 Å². The van der Waals surface area contributed by atoms with Gasteiger partial charge in [0, 0.05) is 30.9 Å². The van der Waals surface area contributed by atoms with Crippen LogP contribution in [0.15, 0.2) is 36.5 Å². The quantitative estimate of drug-likeness (QED) is 0.850. The lowest BCUT2D eigenvalue weighted by Gasteiger charge is -2.13. The van der Waals surface area contributed by atoms with Crippen LogP contribution < -0.4 is 20.1 Å². The van der Waals surface area contributed by atoms with E-state index in [0.717, 1.165) is 5.69 Å². The largest absolute Gasteiger partial charge is 0.495 e. The first kappa shape index (κ1) is 16.9. The molecule has 122 valence electrons. The third-order valence-electron chi connectivity index (χ3n) is 3.11. The number of ether oxygens (including phenoxy) is 2. The van der Waals surface area contributed by atoms with Gasteiger partial charge >= 0.3 is 6.03 Å². The molecule has 0 saturated carbocycles. The third kappa shape index (κ3) is 4.75. The molecule has 0 saturated heterocycles. The molecule has 0 aliphatic rings. The molecule has 0 unspecified atom stereocenters. The Morgan fingerprint density at radius 1 is 1.22 bits per heavy atom. The summed E-state index contributed by atoms with van der Waals surface area (Å²) >= 11 is 6.07. The zero-order valence-electron chi connectivity index (χ0n) is 12.9. The van der Waals surface area contributed by atoms with Crippen molar-refractivity contribution in [2.75, 3.05) is 26.1 Å². The van der Waals surface area contributed by atoms with E-state index in [1.807, 2.05) is 18.2 Å². The minimum atomic E-state index is -0.347. The van der Waals surface area contributed by atoms with E-state index in [0.29, 0.717) is 35.2 Å². The van der Waals surface area contributed by atoms with Crippen molar-refractivity contribution < 1.29 is 14.3 Å². The summed E-state index contributed by atoms with van der Waals surface area (Å²) in [6.45, 7) is 0.467. The molecular formula is C16H18ClN3O3. The van der Waals surface area contributed by atoms with Crippen molar-refractivity contribution in [3.8, 4) is 11.5 Å². The molecule has 0 atom stereocenters. The molecule has 1 aromatic heterocycles. The highest BCUT2D eigenvalue weighted by molar-refractivity contribution is 6.32. The number of rotatable bonds is 6. The van der Waals surface area contributed by atoms with E-state index in [-0.39, 0.29) is 6.03 Å². The summed E-state index contributed by atoms with van der Waals surface area (Å²) in [5, 5.41) is 5.85. The lowest BCUT2D eigenvalue weighted by molar-refractivity contribution is 0.252. The molecule has 2 amide bonds. The van der Waals surface area contributed by atoms with Crippen molar-refractivity contribution in [2.45, 2.75) is 6.42 Å². The lowest BCUT2D eigenvalue weighted by atomic mass is 10.2. The topological polar surface area (TPSA) is 72.5 Å². The first-order chi connectivity index (χ1) is 11.1. The molecule has 2 aromatic rings. The number of amides is 2. The van der Waals surface area contributed by atoms with Crippen LogP contribution in [0.5, 0.6) is 11.5 Å². The summed E-state index contributed by atoms with van der Waals surface area (Å²) < 4.78 is 10.3. The number of nitrogens with one attached hydrogen (secondary N) is 2. The molecule has 23 heavy (non-hydrogen) atoms. The van der Waals surface area contributed by atoms with Gasteiger partial charge in [0.2, 0.25) is 0 Å². The number of benzene rings is 1. The van der Waals surface area contributed by atoms with Crippen LogP contribution in [0.4, 0.5) is 10.5 Å². The van der Waals surface area contributed by atoms with E-state index in [2.05, 4.69) is 15.6 Å². The third-order valence-corrected chi connectivity index (χ3v) is 3.41. The Morgan fingerprint density at radius 2 is 2.00 bits per heavy atom. The minimum Gasteiger partial charge on any atom is -0.495 e. The van der Waals surface area contributed by atoms with Gasteiger partial charge in [-0.15, -0.1) is 0 Å². The average molecular weight is 336 g/mol. The minimum absolute atomic E-state index is 0.347. The highest BCUT2D eigenvalue weighted by Crippen LogP contribution is 2.35. The number of aromatic nitrogens is 1. The molecule has 2 N–H and O–H groups in total. The van der Waals surface area contributed by atoms with Crippen LogP contribution in [-0.4, -0.2) is 31.8 Å². The molecular weight excluding hydrogens is 318 g/mol. The van der Waals surface area contributed by atoms with Gasteiger partial charge in [0.15, 0.2) is 0 Å². The summed E-state index contributed by atoms with van der Waals surface area (Å²) in [7, 11) is 3.02. The summed E-state index contributed by atoms with van der Waals surface area (Å²) in [5.41, 5.74) is 1.38. The summed E-state index contributed by atoms with van der Waals surface area (Å²) in [6, 6.07) is 8.52. The van der Waals surface area contributed by atoms with Crippen LogP contribution >= 0.6 is 11.6 Å². The first-order valence-electron chi connectivity index (χ1n) is 7.00. The van der Waals surface area contributed by atoms with Crippen molar-refractivity contribution in [3.05, 3.63) is 47.2 Å². The maximum atomic E-state index is 12.0. The van der Waals surface area contributed by atoms with E-state index in [9.17, 15) is 4.79 Å². The predicted octanol–water partition coefficient (Wildman–Crippen LogP) is 3.12. The summed E-state index contributed by atoms with van der Waals surface area (Å²) in [4.78, 5) is 16.2. The van der Waals surface area contributed by atoms with E-state index in [4.69, 9.17) is 21.1 Å². The lowest BCUT2D eigenvalue weighted by Crippen LogP contribution is -2.30. The van der Waals surface area contributed by atoms with Gasteiger partial charge in [-0.05, 0) is 18.2 Å². The number of carbonyl (C=O) groups is 1. The molecule has 1 heterocycles. The molecule has 0 fully saturated rings. The molecule has 0 aliphatic carbocycles. The number of pyridine rings is 1. The Kier molecular flexibility index (Phi) is 6.05. The van der Waals surface area contributed by atoms with Gasteiger partial charge in [0.05, 0.1) is 24.9 Å². The maximum Gasteiger partial charge on any atom is 0.319 e. The van der Waals surface area contributed by atoms with Gasteiger partial charge in [-0.3, -0.25) is 4.98 Å². The number of anilines is 1. The van der Waals surface area contributed by atoms with Crippen LogP contribution in [0.1, 0.15) is 5.69 Å². The molecule has 0 spiro atoms. The number of hydrogen-bond donors (Lipinski definition) is 2. The smallest absolute Gasteiger partial charge is 0.319 e. The van der Waals surface area contributed by atoms with Crippen molar-refractivity contribution in [2.24, 2.45) is 0 Å². The molecule has 0 radical (unpaired) electrons. The second-order valence-electron chi connectivity index (χ2n) is 4.64. The van der Waals surface area contributed by atoms with Crippen LogP contribution in [0.3, 0.4) is 0 Å². The van der Waals surface area contributed by atoms with Crippen LogP contribution in [-0.2, 0) is 6.42 Å². The van der Waals surface area contributed by atoms with Gasteiger partial charge in [0.25, 0.3) is 0 Å². The number of urea groups is 1. The van der Waals surface area contributed by atoms with Gasteiger partial charge in [-0.25, -0.2) is 4.79 Å². The molecule has 0 bridgehead atoms. The second-order valence-corrected chi connectivity index (χ2v) is 5.05. The normalized spacial score (nSPS) is 10.0. The summed E-state index contributed by atoms with van der Waals surface area (Å²) in [5.74, 6) is 0.941. The fourth-order valence-electron chi connectivity index (χ4n) is 1.97. The molecule has 1 aromatic carbocycles. The van der Waals surface area contributed by atoms with Crippen molar-refractivity contribution in [3.63, 3.8) is 0 Å². The van der Waals surface area contributed by atoms with Gasteiger partial charge < -0.3 is 20.1 Å². The van der Waals surface area contributed by atoms with Gasteiger partial charge in [-0.1, -0.05) is 17.7 Å². The monoisotopic (exact) mass is 335 g/mol. The standard InChI is InChI=1S/C16H18ClN3O3/c1-22-14-10-15(23-2)13(9-12(14)17)20-16(21)19-8-6-11-5-3-4-7-18-11/h3-5,7,9-10H,6,8H2,1-2H3,(H2,19,20,21). The fourth-order valence-corrected chi connectivity index (χ4v) is 2.22. The van der Waals surface area contributed by atoms with Crippen LogP contribution in [0.25, 0.3) is 0 Å². The maximum absolute atomic E-state index is 12.0. The van der Waals surface area contributed by atoms with Gasteiger partial charge in [-0.2, -0.15) is 0 Å². The van der Waals surface area contributed by atoms with Crippen LogP contribution in [0, 0.1) is 0 Å². The first-order valence-corrected chi connectivity index (χ1v) is 7.38. The Morgan fingerprint density at radius 3 is 2.65 bits per heavy atom. The van der Waals surface area contributed by atoms with Gasteiger partial charge in [0.1, 0.15) is 11.5 Å². The second kappa shape index (κ2) is 8.24. The average Bonchev–Trinajstić information content (AvgIpc) is 2.56. The Balaban J connectivity index is 1.93. The number of halogens is 1. The van der Waals surface area contributed by atoms with Crippen molar-refractivity contribution in [1.82, 2.24) is 10.3 Å². The zero-order valence-corrected chi connectivity index (χ0v) is 13.7. The van der Waals surface area contributed by atoms with Crippen molar-refractivity contribution >= 4 is 23.3 Å². The molecule has 7 heteroatoms. The highest BCUT2D eigenvalue weighted by Gasteiger charge is 2.12. The predicted molar refractivity (Wildman–Crippen MR) is 89.5 cm³/mol. The van der Waals surface area contributed by atoms with E-state index < -0.39 is 0 Å². The zero-order chi connectivity index (χ0) is 16.7. The Bertz CT molecular complexity index is 665. The molecule has 6 nitrogen and oxygen atoms in total. The van der Waals surface area contributed by atoms with E-state index in [1.54, 1.807) is 18.3 Å². The van der Waals surface area contributed by atoms with Crippen molar-refractivity contribution in [1.29, 1.82) is 0 Å². The Labute approximate surface area is 139 Å². The highest BCUT2D eigenvalue weighted by atomic mass is 35.5. The van der Waals surface area contributed by atoms with E-state index >= 15 is 0 Å². The SMILES string of the molecule is COc1cc(OC)c(NC(=O)NCCc2ccccn2)cc1Cl. The fraction of sp³-hybridized carbons (Fsp3) is 0.250. The van der Waals surface area contributed by atoms with Crippen LogP contribution in [0.2, 0.25) is 5.02 Å². The number of hydrogen-bond acceptors (Lipinski definition) is 4. The number of nitrogens with zero attached hydrogens (tertiary/aromatic N) is 1.